The van der Waals surface area contributed by atoms with Gasteiger partial charge in [0.15, 0.2) is 0 Å². The van der Waals surface area contributed by atoms with Crippen LogP contribution in [0, 0.1) is 0 Å². The van der Waals surface area contributed by atoms with Gasteiger partial charge in [0.05, 0.1) is 0 Å². The molecule has 0 saturated carbocycles. The summed E-state index contributed by atoms with van der Waals surface area (Å²) >= 11 is 0. The van der Waals surface area contributed by atoms with Crippen LogP contribution in [0.2, 0.25) is 0 Å². The molecule has 2 atom stereocenters. The predicted octanol–water partition coefficient (Wildman–Crippen LogP) is 9.64. The second-order valence-electron chi connectivity index (χ2n) is 9.37. The Morgan fingerprint density at radius 2 is 0.821 bits per heavy atom. The highest BCUT2D eigenvalue weighted by Crippen LogP contribution is 2.52. The maximum Gasteiger partial charge on any atom is 0.647 e. The molecule has 0 amide bonds. The molecule has 196 valence electrons. The summed E-state index contributed by atoms with van der Waals surface area (Å²) in [6.07, 6.45) is 0. The van der Waals surface area contributed by atoms with Crippen LogP contribution in [0.1, 0.15) is 47.9 Å². The standard InChI is InChI=1S/C34H31O4P/c1-26(28-16-6-3-7-17-28)31-22-12-14-24-33(31)37-39(35,36-30-20-10-5-11-21-30)38-34-25-15-13-23-32(34)27(2)29-18-8-4-9-19-29/h3-27H,1-2H3. The van der Waals surface area contributed by atoms with E-state index in [-0.39, 0.29) is 11.8 Å². The average molecular weight is 535 g/mol. The fourth-order valence-electron chi connectivity index (χ4n) is 4.59. The molecule has 5 aromatic carbocycles. The number of phosphoric ester groups is 1. The smallest absolute Gasteiger partial charge is 0.386 e. The van der Waals surface area contributed by atoms with Crippen molar-refractivity contribution >= 4 is 7.82 Å². The third kappa shape index (κ3) is 6.42. The summed E-state index contributed by atoms with van der Waals surface area (Å²) in [6.45, 7) is 4.19. The van der Waals surface area contributed by atoms with Crippen LogP contribution >= 0.6 is 7.82 Å². The molecule has 0 heterocycles. The Hall–Kier alpha value is -4.27. The molecule has 0 saturated heterocycles. The van der Waals surface area contributed by atoms with Crippen molar-refractivity contribution in [2.24, 2.45) is 0 Å². The van der Waals surface area contributed by atoms with Gasteiger partial charge in [-0.15, -0.1) is 0 Å². The van der Waals surface area contributed by atoms with Gasteiger partial charge in [-0.05, 0) is 35.4 Å². The van der Waals surface area contributed by atoms with Crippen LogP contribution in [0.5, 0.6) is 17.2 Å². The highest BCUT2D eigenvalue weighted by atomic mass is 31.2. The van der Waals surface area contributed by atoms with E-state index in [9.17, 15) is 4.57 Å². The minimum Gasteiger partial charge on any atom is -0.386 e. The zero-order valence-electron chi connectivity index (χ0n) is 22.0. The molecule has 2 unspecified atom stereocenters. The summed E-state index contributed by atoms with van der Waals surface area (Å²) in [4.78, 5) is 0. The molecule has 0 N–H and O–H groups in total. The fourth-order valence-corrected chi connectivity index (χ4v) is 5.90. The van der Waals surface area contributed by atoms with Gasteiger partial charge in [0.25, 0.3) is 0 Å². The van der Waals surface area contributed by atoms with Crippen LogP contribution in [0.4, 0.5) is 0 Å². The lowest BCUT2D eigenvalue weighted by molar-refractivity contribution is 0.296. The van der Waals surface area contributed by atoms with Crippen LogP contribution in [0.3, 0.4) is 0 Å². The Labute approximate surface area is 230 Å². The number of hydrogen-bond acceptors (Lipinski definition) is 4. The average Bonchev–Trinajstić information content (AvgIpc) is 2.98. The first-order chi connectivity index (χ1) is 19.0. The van der Waals surface area contributed by atoms with Crippen LogP contribution in [-0.2, 0) is 4.57 Å². The maximum absolute atomic E-state index is 14.5. The third-order valence-electron chi connectivity index (χ3n) is 6.75. The van der Waals surface area contributed by atoms with E-state index in [0.29, 0.717) is 17.2 Å². The number of hydrogen-bond donors (Lipinski definition) is 0. The molecule has 0 aromatic heterocycles. The van der Waals surface area contributed by atoms with Gasteiger partial charge >= 0.3 is 7.82 Å². The summed E-state index contributed by atoms with van der Waals surface area (Å²) in [5.41, 5.74) is 4.01. The Morgan fingerprint density at radius 3 is 1.26 bits per heavy atom. The topological polar surface area (TPSA) is 44.8 Å². The van der Waals surface area contributed by atoms with Gasteiger partial charge in [-0.3, -0.25) is 0 Å². The van der Waals surface area contributed by atoms with Crippen LogP contribution < -0.4 is 13.6 Å². The summed E-state index contributed by atoms with van der Waals surface area (Å²) in [5.74, 6) is 1.28. The molecular formula is C34H31O4P. The molecule has 5 aromatic rings. The lowest BCUT2D eigenvalue weighted by Gasteiger charge is -2.24. The second-order valence-corrected chi connectivity index (χ2v) is 10.8. The Bertz CT molecular complexity index is 1440. The third-order valence-corrected chi connectivity index (χ3v) is 8.03. The molecule has 0 aliphatic heterocycles. The van der Waals surface area contributed by atoms with E-state index in [0.717, 1.165) is 22.3 Å². The quantitative estimate of drug-likeness (QED) is 0.167. The van der Waals surface area contributed by atoms with Crippen molar-refractivity contribution in [3.63, 3.8) is 0 Å². The molecule has 0 fully saturated rings. The van der Waals surface area contributed by atoms with E-state index in [1.54, 1.807) is 24.3 Å². The van der Waals surface area contributed by atoms with Gasteiger partial charge in [-0.25, -0.2) is 0 Å². The van der Waals surface area contributed by atoms with E-state index < -0.39 is 7.82 Å². The lowest BCUT2D eigenvalue weighted by atomic mass is 9.93. The van der Waals surface area contributed by atoms with Crippen LogP contribution in [0.25, 0.3) is 0 Å². The number of phosphoric acid groups is 1. The highest BCUT2D eigenvalue weighted by Gasteiger charge is 2.35. The molecule has 0 aliphatic carbocycles. The first-order valence-corrected chi connectivity index (χ1v) is 14.5. The van der Waals surface area contributed by atoms with Crippen LogP contribution in [0.15, 0.2) is 140 Å². The van der Waals surface area contributed by atoms with Gasteiger partial charge in [-0.1, -0.05) is 129 Å². The minimum atomic E-state index is -4.20. The largest absolute Gasteiger partial charge is 0.647 e. The van der Waals surface area contributed by atoms with E-state index in [4.69, 9.17) is 13.6 Å². The Morgan fingerprint density at radius 1 is 0.462 bits per heavy atom. The molecular weight excluding hydrogens is 503 g/mol. The highest BCUT2D eigenvalue weighted by molar-refractivity contribution is 7.49. The predicted molar refractivity (Wildman–Crippen MR) is 157 cm³/mol. The molecule has 5 heteroatoms. The van der Waals surface area contributed by atoms with Crippen molar-refractivity contribution in [1.29, 1.82) is 0 Å². The molecule has 0 bridgehead atoms. The molecule has 0 aliphatic rings. The normalized spacial score (nSPS) is 14.0. The van der Waals surface area contributed by atoms with Crippen LogP contribution in [-0.4, -0.2) is 0 Å². The monoisotopic (exact) mass is 534 g/mol. The van der Waals surface area contributed by atoms with E-state index in [2.05, 4.69) is 38.1 Å². The SMILES string of the molecule is CC(c1ccccc1)c1ccccc1OP(=O)(Oc1ccccc1)Oc1ccccc1C(C)c1ccccc1. The molecule has 5 rings (SSSR count). The van der Waals surface area contributed by atoms with E-state index >= 15 is 0 Å². The number of para-hydroxylation sites is 3. The first kappa shape index (κ1) is 26.3. The fraction of sp³-hybridized carbons (Fsp3) is 0.118. The lowest BCUT2D eigenvalue weighted by Crippen LogP contribution is -2.11. The second kappa shape index (κ2) is 12.1. The Kier molecular flexibility index (Phi) is 8.15. The number of benzene rings is 5. The summed E-state index contributed by atoms with van der Waals surface area (Å²) in [7, 11) is -4.20. The molecule has 0 radical (unpaired) electrons. The van der Waals surface area contributed by atoms with Gasteiger partial charge in [0.2, 0.25) is 0 Å². The van der Waals surface area contributed by atoms with Gasteiger partial charge in [0.1, 0.15) is 17.2 Å². The number of rotatable bonds is 10. The van der Waals surface area contributed by atoms with Gasteiger partial charge in [-0.2, -0.15) is 4.57 Å². The van der Waals surface area contributed by atoms with Crippen molar-refractivity contribution < 1.29 is 18.1 Å². The van der Waals surface area contributed by atoms with E-state index in [1.807, 2.05) is 91.0 Å². The van der Waals surface area contributed by atoms with Crippen molar-refractivity contribution in [3.05, 3.63) is 162 Å². The molecule has 0 spiro atoms. The summed E-state index contributed by atoms with van der Waals surface area (Å²) in [5, 5.41) is 0. The summed E-state index contributed by atoms with van der Waals surface area (Å²) < 4.78 is 32.9. The van der Waals surface area contributed by atoms with Crippen molar-refractivity contribution in [2.75, 3.05) is 0 Å². The zero-order valence-corrected chi connectivity index (χ0v) is 22.9. The van der Waals surface area contributed by atoms with Crippen molar-refractivity contribution in [1.82, 2.24) is 0 Å². The van der Waals surface area contributed by atoms with E-state index in [1.165, 1.54) is 0 Å². The van der Waals surface area contributed by atoms with Crippen molar-refractivity contribution in [2.45, 2.75) is 25.7 Å². The summed E-state index contributed by atoms with van der Waals surface area (Å²) in [6, 6.07) is 44.4. The minimum absolute atomic E-state index is 0.00188. The van der Waals surface area contributed by atoms with Gasteiger partial charge in [0, 0.05) is 23.0 Å². The van der Waals surface area contributed by atoms with Crippen molar-refractivity contribution in [3.8, 4) is 17.2 Å². The maximum atomic E-state index is 14.5. The molecule has 4 nitrogen and oxygen atoms in total. The molecule has 39 heavy (non-hydrogen) atoms. The zero-order chi connectivity index (χ0) is 27.1. The Balaban J connectivity index is 1.52. The van der Waals surface area contributed by atoms with Gasteiger partial charge < -0.3 is 13.6 Å². The first-order valence-electron chi connectivity index (χ1n) is 13.0.